The number of aryl methyl sites for hydroxylation is 3. The molecule has 4 aromatic carbocycles. The molecule has 0 atom stereocenters. The second-order valence-electron chi connectivity index (χ2n) is 9.48. The molecule has 0 unspecified atom stereocenters. The van der Waals surface area contributed by atoms with E-state index in [4.69, 9.17) is 20.7 Å². The van der Waals surface area contributed by atoms with Gasteiger partial charge in [0.25, 0.3) is 0 Å². The lowest BCUT2D eigenvalue weighted by Crippen LogP contribution is -2.16. The Morgan fingerprint density at radius 3 is 1.84 bits per heavy atom. The van der Waals surface area contributed by atoms with E-state index in [1.165, 1.54) is 16.7 Å². The molecule has 1 aromatic heterocycles. The largest absolute Gasteiger partial charge is 0.398 e. The molecule has 0 aliphatic carbocycles. The zero-order chi connectivity index (χ0) is 25.5. The molecule has 6 rings (SSSR count). The average molecular weight is 482 g/mol. The van der Waals surface area contributed by atoms with Crippen molar-refractivity contribution < 1.29 is 0 Å². The summed E-state index contributed by atoms with van der Waals surface area (Å²) in [5, 5.41) is 0. The van der Waals surface area contributed by atoms with E-state index >= 15 is 0 Å². The molecular formula is C32H27N5. The van der Waals surface area contributed by atoms with Gasteiger partial charge in [0, 0.05) is 0 Å². The molecule has 0 radical (unpaired) electrons. The van der Waals surface area contributed by atoms with Gasteiger partial charge in [-0.1, -0.05) is 77.4 Å². The lowest BCUT2D eigenvalue weighted by Gasteiger charge is -2.09. The van der Waals surface area contributed by atoms with Crippen LogP contribution in [0, 0.1) is 20.8 Å². The fraction of sp³-hybridized carbons (Fsp3) is 0.0938. The smallest absolute Gasteiger partial charge is 0.166 e. The van der Waals surface area contributed by atoms with Crippen LogP contribution in [-0.2, 0) is 0 Å². The summed E-state index contributed by atoms with van der Waals surface area (Å²) in [6, 6.07) is 32.7. The maximum atomic E-state index is 6.92. The van der Waals surface area contributed by atoms with Crippen LogP contribution in [0.25, 0.3) is 22.3 Å². The monoisotopic (exact) mass is 481 g/mol. The van der Waals surface area contributed by atoms with Crippen LogP contribution < -0.4 is 5.73 Å². The third kappa shape index (κ3) is 4.15. The minimum Gasteiger partial charge on any atom is -0.398 e. The number of hydrogen-bond donors (Lipinski definition) is 1. The number of aromatic nitrogens is 2. The summed E-state index contributed by atoms with van der Waals surface area (Å²) in [5.74, 6) is 1.45. The number of aliphatic imine (C=N–C) groups is 2. The zero-order valence-electron chi connectivity index (χ0n) is 21.1. The zero-order valence-corrected chi connectivity index (χ0v) is 21.1. The predicted octanol–water partition coefficient (Wildman–Crippen LogP) is 7.15. The number of allylic oxidation sites excluding steroid dienone is 1. The Balaban J connectivity index is 1.68. The van der Waals surface area contributed by atoms with Crippen molar-refractivity contribution in [3.05, 3.63) is 125 Å². The van der Waals surface area contributed by atoms with E-state index in [0.717, 1.165) is 39.4 Å². The van der Waals surface area contributed by atoms with Crippen LogP contribution >= 0.6 is 0 Å². The van der Waals surface area contributed by atoms with Crippen LogP contribution in [0.2, 0.25) is 0 Å². The summed E-state index contributed by atoms with van der Waals surface area (Å²) in [6.07, 6.45) is 0. The minimum absolute atomic E-state index is 0.622. The lowest BCUT2D eigenvalue weighted by atomic mass is 10.0. The molecule has 1 aliphatic heterocycles. The Bertz CT molecular complexity index is 1720. The lowest BCUT2D eigenvalue weighted by molar-refractivity contribution is 1.16. The highest BCUT2D eigenvalue weighted by Gasteiger charge is 2.35. The molecule has 2 N–H and O–H groups in total. The van der Waals surface area contributed by atoms with Crippen molar-refractivity contribution in [2.75, 3.05) is 0 Å². The second kappa shape index (κ2) is 9.03. The van der Waals surface area contributed by atoms with Gasteiger partial charge in [0.05, 0.1) is 33.7 Å². The fourth-order valence-corrected chi connectivity index (χ4v) is 4.56. The first-order chi connectivity index (χ1) is 18.0. The van der Waals surface area contributed by atoms with E-state index in [0.29, 0.717) is 17.2 Å². The summed E-state index contributed by atoms with van der Waals surface area (Å²) in [5.41, 5.74) is 17.0. The van der Waals surface area contributed by atoms with Crippen LogP contribution in [0.1, 0.15) is 28.1 Å². The number of nitrogens with two attached hydrogens (primary N) is 1. The number of fused-ring (bicyclic) bond motifs is 3. The van der Waals surface area contributed by atoms with Crippen molar-refractivity contribution in [2.24, 2.45) is 15.7 Å². The SMILES string of the molecule is Cc1ccc(N=C2C(=Nc3ccc(C)cc3)n3c(nc4ccccc43)/C2=C(/N)c2ccc(C)cc2)cc1. The first kappa shape index (κ1) is 22.7. The van der Waals surface area contributed by atoms with Gasteiger partial charge in [0.2, 0.25) is 0 Å². The Labute approximate surface area is 216 Å². The number of benzene rings is 4. The highest BCUT2D eigenvalue weighted by atomic mass is 15.2. The Morgan fingerprint density at radius 2 is 1.22 bits per heavy atom. The quantitative estimate of drug-likeness (QED) is 0.297. The maximum absolute atomic E-state index is 6.92. The van der Waals surface area contributed by atoms with Crippen molar-refractivity contribution in [3.8, 4) is 0 Å². The number of para-hydroxylation sites is 2. The molecule has 2 heterocycles. The van der Waals surface area contributed by atoms with Gasteiger partial charge in [0.1, 0.15) is 5.71 Å². The molecule has 0 saturated carbocycles. The third-order valence-corrected chi connectivity index (χ3v) is 6.62. The molecule has 37 heavy (non-hydrogen) atoms. The van der Waals surface area contributed by atoms with E-state index in [1.807, 2.05) is 54.6 Å². The van der Waals surface area contributed by atoms with Crippen LogP contribution in [-0.4, -0.2) is 21.1 Å². The predicted molar refractivity (Wildman–Crippen MR) is 154 cm³/mol. The molecule has 5 aromatic rings. The molecule has 1 aliphatic rings. The van der Waals surface area contributed by atoms with E-state index in [-0.39, 0.29) is 0 Å². The van der Waals surface area contributed by atoms with E-state index in [1.54, 1.807) is 0 Å². The standard InChI is InChI=1S/C32H27N5/c1-20-8-14-23(15-9-20)29(33)28-30(34-24-16-10-21(2)11-17-24)32(35-25-18-12-22(3)13-19-25)37-27-7-5-4-6-26(27)36-31(28)37/h4-19H,33H2,1-3H3/b29-28+,34-30?,35-32?. The van der Waals surface area contributed by atoms with Crippen molar-refractivity contribution in [1.82, 2.24) is 9.55 Å². The van der Waals surface area contributed by atoms with Gasteiger partial charge in [-0.15, -0.1) is 0 Å². The molecule has 0 spiro atoms. The molecule has 0 amide bonds. The van der Waals surface area contributed by atoms with E-state index in [9.17, 15) is 0 Å². The highest BCUT2D eigenvalue weighted by Crippen LogP contribution is 2.36. The minimum atomic E-state index is 0.622. The van der Waals surface area contributed by atoms with Crippen molar-refractivity contribution in [3.63, 3.8) is 0 Å². The molecule has 0 saturated heterocycles. The molecule has 180 valence electrons. The number of nitrogens with zero attached hydrogens (tertiary/aromatic N) is 4. The third-order valence-electron chi connectivity index (χ3n) is 6.62. The normalized spacial score (nSPS) is 16.5. The van der Waals surface area contributed by atoms with Gasteiger partial charge < -0.3 is 5.73 Å². The average Bonchev–Trinajstić information content (AvgIpc) is 3.41. The summed E-state index contributed by atoms with van der Waals surface area (Å²) in [6.45, 7) is 6.21. The molecule has 0 fully saturated rings. The van der Waals surface area contributed by atoms with Gasteiger partial charge in [0.15, 0.2) is 11.7 Å². The van der Waals surface area contributed by atoms with Crippen LogP contribution in [0.15, 0.2) is 107 Å². The topological polar surface area (TPSA) is 68.6 Å². The molecule has 0 bridgehead atoms. The first-order valence-electron chi connectivity index (χ1n) is 12.3. The highest BCUT2D eigenvalue weighted by molar-refractivity contribution is 6.64. The molecule has 5 heteroatoms. The number of rotatable bonds is 3. The summed E-state index contributed by atoms with van der Waals surface area (Å²) in [4.78, 5) is 15.3. The van der Waals surface area contributed by atoms with Gasteiger partial charge in [-0.05, 0) is 62.7 Å². The Hall–Kier alpha value is -4.77. The Kier molecular flexibility index (Phi) is 5.53. The fourth-order valence-electron chi connectivity index (χ4n) is 4.56. The maximum Gasteiger partial charge on any atom is 0.166 e. The van der Waals surface area contributed by atoms with Crippen molar-refractivity contribution in [2.45, 2.75) is 20.8 Å². The van der Waals surface area contributed by atoms with E-state index in [2.05, 4.69) is 67.8 Å². The van der Waals surface area contributed by atoms with Crippen molar-refractivity contribution in [1.29, 1.82) is 0 Å². The van der Waals surface area contributed by atoms with Crippen LogP contribution in [0.3, 0.4) is 0 Å². The summed E-state index contributed by atoms with van der Waals surface area (Å²) < 4.78 is 2.08. The first-order valence-corrected chi connectivity index (χ1v) is 12.3. The number of imidazole rings is 1. The van der Waals surface area contributed by atoms with Crippen LogP contribution in [0.5, 0.6) is 0 Å². The van der Waals surface area contributed by atoms with E-state index < -0.39 is 0 Å². The summed E-state index contributed by atoms with van der Waals surface area (Å²) in [7, 11) is 0. The van der Waals surface area contributed by atoms with Crippen molar-refractivity contribution >= 4 is 45.2 Å². The summed E-state index contributed by atoms with van der Waals surface area (Å²) >= 11 is 0. The van der Waals surface area contributed by atoms with Gasteiger partial charge in [-0.3, -0.25) is 4.57 Å². The van der Waals surface area contributed by atoms with Gasteiger partial charge >= 0.3 is 0 Å². The van der Waals surface area contributed by atoms with Gasteiger partial charge in [-0.25, -0.2) is 15.0 Å². The second-order valence-corrected chi connectivity index (χ2v) is 9.48. The van der Waals surface area contributed by atoms with Crippen LogP contribution in [0.4, 0.5) is 11.4 Å². The molecule has 5 nitrogen and oxygen atoms in total. The van der Waals surface area contributed by atoms with Gasteiger partial charge in [-0.2, -0.15) is 0 Å². The Morgan fingerprint density at radius 1 is 0.676 bits per heavy atom. The molecular weight excluding hydrogens is 454 g/mol. The number of hydrogen-bond acceptors (Lipinski definition) is 4.